The van der Waals surface area contributed by atoms with Gasteiger partial charge in [0.2, 0.25) is 5.09 Å². The van der Waals surface area contributed by atoms with Crippen LogP contribution in [0.2, 0.25) is 0 Å². The number of nitrogens with one attached hydrogen (secondary N) is 1. The third-order valence-electron chi connectivity index (χ3n) is 2.46. The van der Waals surface area contributed by atoms with Crippen LogP contribution in [0.1, 0.15) is 5.76 Å². The quantitative estimate of drug-likeness (QED) is 0.681. The van der Waals surface area contributed by atoms with Crippen molar-refractivity contribution in [2.75, 3.05) is 33.9 Å². The van der Waals surface area contributed by atoms with Gasteiger partial charge in [0.1, 0.15) is 5.76 Å². The molecule has 0 saturated heterocycles. The Bertz CT molecular complexity index is 496. The first-order valence-electron chi connectivity index (χ1n) is 5.89. The van der Waals surface area contributed by atoms with Crippen LogP contribution in [0.5, 0.6) is 0 Å². The predicted octanol–water partition coefficient (Wildman–Crippen LogP) is 0.822. The van der Waals surface area contributed by atoms with E-state index in [1.165, 1.54) is 23.6 Å². The number of sulfonamides is 1. The van der Waals surface area contributed by atoms with E-state index in [0.717, 1.165) is 0 Å². The fourth-order valence-corrected chi connectivity index (χ4v) is 2.86. The van der Waals surface area contributed by atoms with E-state index in [0.29, 0.717) is 18.9 Å². The molecule has 0 aliphatic carbocycles. The van der Waals surface area contributed by atoms with Gasteiger partial charge in [0.05, 0.1) is 13.2 Å². The lowest BCUT2D eigenvalue weighted by molar-refractivity contribution is 0.181. The lowest BCUT2D eigenvalue weighted by atomic mass is 10.4. The maximum absolute atomic E-state index is 12.4. The van der Waals surface area contributed by atoms with Crippen molar-refractivity contribution in [1.29, 1.82) is 0 Å². The van der Waals surface area contributed by atoms with Crippen molar-refractivity contribution in [2.24, 2.45) is 0 Å². The molecule has 0 radical (unpaired) electrons. The van der Waals surface area contributed by atoms with Crippen molar-refractivity contribution < 1.29 is 17.6 Å². The number of hydrogen-bond donors (Lipinski definition) is 1. The van der Waals surface area contributed by atoms with E-state index >= 15 is 0 Å². The minimum atomic E-state index is -3.65. The molecule has 1 heterocycles. The molecule has 0 aliphatic heterocycles. The van der Waals surface area contributed by atoms with Crippen LogP contribution in [0.15, 0.2) is 34.3 Å². The molecule has 108 valence electrons. The second-order valence-electron chi connectivity index (χ2n) is 3.90. The predicted molar refractivity (Wildman–Crippen MR) is 72.3 cm³/mol. The van der Waals surface area contributed by atoms with E-state index in [4.69, 9.17) is 9.15 Å². The van der Waals surface area contributed by atoms with E-state index in [2.05, 4.69) is 11.9 Å². The Morgan fingerprint density at radius 3 is 2.84 bits per heavy atom. The smallest absolute Gasteiger partial charge is 0.276 e. The van der Waals surface area contributed by atoms with Gasteiger partial charge in [-0.3, -0.25) is 0 Å². The summed E-state index contributed by atoms with van der Waals surface area (Å²) in [6, 6.07) is 3.11. The average molecular weight is 288 g/mol. The average Bonchev–Trinajstić information content (AvgIpc) is 2.84. The molecule has 0 atom stereocenters. The fourth-order valence-electron chi connectivity index (χ4n) is 1.54. The number of hydrogen-bond acceptors (Lipinski definition) is 5. The summed E-state index contributed by atoms with van der Waals surface area (Å²) in [6.45, 7) is 4.83. The highest BCUT2D eigenvalue weighted by Crippen LogP contribution is 2.18. The van der Waals surface area contributed by atoms with E-state index in [1.54, 1.807) is 13.1 Å². The van der Waals surface area contributed by atoms with Crippen LogP contribution in [-0.2, 0) is 21.3 Å². The molecular formula is C12H20N2O4S. The van der Waals surface area contributed by atoms with Gasteiger partial charge in [-0.2, -0.15) is 4.31 Å². The first-order chi connectivity index (χ1) is 9.06. The minimum absolute atomic E-state index is 0.0595. The third-order valence-corrected chi connectivity index (χ3v) is 4.20. The Balaban J connectivity index is 2.93. The Morgan fingerprint density at radius 2 is 2.26 bits per heavy atom. The molecule has 1 N–H and O–H groups in total. The van der Waals surface area contributed by atoms with Gasteiger partial charge in [0, 0.05) is 20.2 Å². The lowest BCUT2D eigenvalue weighted by Gasteiger charge is -2.18. The molecule has 0 unspecified atom stereocenters. The van der Waals surface area contributed by atoms with Crippen molar-refractivity contribution in [3.8, 4) is 0 Å². The number of ether oxygens (including phenoxy) is 1. The van der Waals surface area contributed by atoms with E-state index < -0.39 is 10.0 Å². The summed E-state index contributed by atoms with van der Waals surface area (Å²) in [6.07, 6.45) is 1.53. The van der Waals surface area contributed by atoms with E-state index in [1.807, 2.05) is 0 Å². The van der Waals surface area contributed by atoms with Gasteiger partial charge in [0.15, 0.2) is 0 Å². The molecule has 0 aliphatic rings. The highest BCUT2D eigenvalue weighted by molar-refractivity contribution is 7.89. The van der Waals surface area contributed by atoms with Crippen LogP contribution in [0.4, 0.5) is 0 Å². The summed E-state index contributed by atoms with van der Waals surface area (Å²) in [5.74, 6) is 0.575. The molecule has 0 aromatic carbocycles. The SMILES string of the molecule is C=CCN(CCOC)S(=O)(=O)c1ccc(CNC)o1. The van der Waals surface area contributed by atoms with Crippen LogP contribution in [0.25, 0.3) is 0 Å². The Morgan fingerprint density at radius 1 is 1.53 bits per heavy atom. The number of methoxy groups -OCH3 is 1. The van der Waals surface area contributed by atoms with Crippen molar-refractivity contribution in [1.82, 2.24) is 9.62 Å². The second-order valence-corrected chi connectivity index (χ2v) is 5.76. The molecule has 0 spiro atoms. The molecule has 1 aromatic heterocycles. The summed E-state index contributed by atoms with van der Waals surface area (Å²) >= 11 is 0. The maximum atomic E-state index is 12.4. The van der Waals surface area contributed by atoms with Gasteiger partial charge >= 0.3 is 0 Å². The molecule has 0 saturated carbocycles. The molecule has 0 bridgehead atoms. The van der Waals surface area contributed by atoms with Gasteiger partial charge in [-0.05, 0) is 19.2 Å². The molecule has 1 rings (SSSR count). The highest BCUT2D eigenvalue weighted by Gasteiger charge is 2.26. The Kier molecular flexibility index (Phi) is 6.23. The van der Waals surface area contributed by atoms with Gasteiger partial charge in [-0.15, -0.1) is 6.58 Å². The third kappa shape index (κ3) is 4.17. The van der Waals surface area contributed by atoms with Crippen molar-refractivity contribution in [2.45, 2.75) is 11.6 Å². The van der Waals surface area contributed by atoms with E-state index in [-0.39, 0.29) is 18.2 Å². The molecule has 0 amide bonds. The highest BCUT2D eigenvalue weighted by atomic mass is 32.2. The molecule has 7 heteroatoms. The zero-order valence-electron chi connectivity index (χ0n) is 11.3. The van der Waals surface area contributed by atoms with Crippen LogP contribution in [0, 0.1) is 0 Å². The summed E-state index contributed by atoms with van der Waals surface area (Å²) in [5.41, 5.74) is 0. The molecule has 0 fully saturated rings. The number of nitrogens with zero attached hydrogens (tertiary/aromatic N) is 1. The number of rotatable bonds is 9. The summed E-state index contributed by atoms with van der Waals surface area (Å²) in [5, 5.41) is 2.84. The topological polar surface area (TPSA) is 71.8 Å². The Hall–Kier alpha value is -1.15. The van der Waals surface area contributed by atoms with Gasteiger partial charge in [-0.25, -0.2) is 8.42 Å². The zero-order valence-corrected chi connectivity index (χ0v) is 12.1. The fraction of sp³-hybridized carbons (Fsp3) is 0.500. The zero-order chi connectivity index (χ0) is 14.3. The van der Waals surface area contributed by atoms with Crippen LogP contribution < -0.4 is 5.32 Å². The van der Waals surface area contributed by atoms with Gasteiger partial charge in [-0.1, -0.05) is 6.08 Å². The minimum Gasteiger partial charge on any atom is -0.447 e. The largest absolute Gasteiger partial charge is 0.447 e. The number of furan rings is 1. The lowest BCUT2D eigenvalue weighted by Crippen LogP contribution is -2.33. The normalized spacial score (nSPS) is 11.9. The van der Waals surface area contributed by atoms with Crippen molar-refractivity contribution in [3.05, 3.63) is 30.5 Å². The molecule has 19 heavy (non-hydrogen) atoms. The van der Waals surface area contributed by atoms with Crippen LogP contribution in [-0.4, -0.2) is 46.6 Å². The summed E-state index contributed by atoms with van der Waals surface area (Å²) < 4.78 is 36.2. The summed E-state index contributed by atoms with van der Waals surface area (Å²) in [7, 11) is -0.358. The second kappa shape index (κ2) is 7.44. The van der Waals surface area contributed by atoms with Crippen LogP contribution >= 0.6 is 0 Å². The monoisotopic (exact) mass is 288 g/mol. The first-order valence-corrected chi connectivity index (χ1v) is 7.33. The van der Waals surface area contributed by atoms with E-state index in [9.17, 15) is 8.42 Å². The van der Waals surface area contributed by atoms with Crippen molar-refractivity contribution in [3.63, 3.8) is 0 Å². The van der Waals surface area contributed by atoms with Gasteiger partial charge in [0.25, 0.3) is 10.0 Å². The van der Waals surface area contributed by atoms with Gasteiger partial charge < -0.3 is 14.5 Å². The maximum Gasteiger partial charge on any atom is 0.276 e. The standard InChI is InChI=1S/C12H20N2O4S/c1-4-7-14(8-9-17-3)19(15,16)12-6-5-11(18-12)10-13-2/h4-6,13H,1,7-10H2,2-3H3. The first kappa shape index (κ1) is 15.9. The molecule has 6 nitrogen and oxygen atoms in total. The Labute approximate surface area is 114 Å². The molecule has 1 aromatic rings. The summed E-state index contributed by atoms with van der Waals surface area (Å²) in [4.78, 5) is 0. The van der Waals surface area contributed by atoms with Crippen LogP contribution in [0.3, 0.4) is 0 Å². The van der Waals surface area contributed by atoms with Crippen molar-refractivity contribution >= 4 is 10.0 Å². The molecular weight excluding hydrogens is 268 g/mol.